The van der Waals surface area contributed by atoms with Gasteiger partial charge in [-0.3, -0.25) is 14.2 Å². The van der Waals surface area contributed by atoms with E-state index in [1.807, 2.05) is 30.3 Å². The molecule has 0 saturated carbocycles. The minimum Gasteiger partial charge on any atom is -0.351 e. The lowest BCUT2D eigenvalue weighted by molar-refractivity contribution is -0.118. The predicted octanol–water partition coefficient (Wildman–Crippen LogP) is 3.68. The Morgan fingerprint density at radius 2 is 1.90 bits per heavy atom. The van der Waals surface area contributed by atoms with Crippen LogP contribution in [0.15, 0.2) is 69.4 Å². The molecule has 4 rings (SSSR count). The molecule has 0 bridgehead atoms. The van der Waals surface area contributed by atoms with Crippen molar-refractivity contribution in [3.05, 3.63) is 87.6 Å². The number of aryl methyl sites for hydroxylation is 2. The van der Waals surface area contributed by atoms with Gasteiger partial charge < -0.3 is 5.32 Å². The van der Waals surface area contributed by atoms with E-state index in [1.165, 1.54) is 23.9 Å². The molecule has 0 saturated heterocycles. The molecule has 1 amide bonds. The average Bonchev–Trinajstić information content (AvgIpc) is 3.26. The van der Waals surface area contributed by atoms with Crippen LogP contribution in [0.4, 0.5) is 4.39 Å². The van der Waals surface area contributed by atoms with Crippen molar-refractivity contribution < 1.29 is 9.18 Å². The maximum absolute atomic E-state index is 13.0. The highest BCUT2D eigenvalue weighted by molar-refractivity contribution is 8.00. The van der Waals surface area contributed by atoms with Gasteiger partial charge in [0.15, 0.2) is 5.16 Å². The molecule has 1 aromatic heterocycles. The summed E-state index contributed by atoms with van der Waals surface area (Å²) in [6.45, 7) is 0.845. The molecule has 0 spiro atoms. The first-order valence-corrected chi connectivity index (χ1v) is 12.0. The van der Waals surface area contributed by atoms with Crippen molar-refractivity contribution in [2.75, 3.05) is 11.5 Å². The van der Waals surface area contributed by atoms with Crippen LogP contribution in [-0.4, -0.2) is 27.0 Å². The Morgan fingerprint density at radius 1 is 1.13 bits per heavy atom. The number of rotatable bonds is 8. The largest absolute Gasteiger partial charge is 0.351 e. The Hall–Kier alpha value is -2.58. The molecule has 0 fully saturated rings. The van der Waals surface area contributed by atoms with Crippen molar-refractivity contribution >= 4 is 29.4 Å². The maximum atomic E-state index is 13.0. The van der Waals surface area contributed by atoms with Gasteiger partial charge in [0, 0.05) is 25.3 Å². The number of benzene rings is 2. The fraction of sp³-hybridized carbons (Fsp3) is 0.261. The predicted molar refractivity (Wildman–Crippen MR) is 122 cm³/mol. The molecule has 0 aliphatic carbocycles. The molecule has 1 aliphatic heterocycles. The van der Waals surface area contributed by atoms with Crippen LogP contribution in [0, 0.1) is 5.82 Å². The second-order valence-corrected chi connectivity index (χ2v) is 9.20. The number of hydrogen-bond acceptors (Lipinski definition) is 5. The first-order chi connectivity index (χ1) is 15.1. The van der Waals surface area contributed by atoms with Gasteiger partial charge in [-0.1, -0.05) is 54.2 Å². The zero-order chi connectivity index (χ0) is 21.6. The third-order valence-electron chi connectivity index (χ3n) is 4.95. The van der Waals surface area contributed by atoms with Crippen LogP contribution >= 0.6 is 23.5 Å². The van der Waals surface area contributed by atoms with Gasteiger partial charge in [-0.2, -0.15) is 0 Å². The highest BCUT2D eigenvalue weighted by Crippen LogP contribution is 2.28. The quantitative estimate of drug-likeness (QED) is 0.415. The first-order valence-electron chi connectivity index (χ1n) is 10.0. The minimum atomic E-state index is -0.306. The van der Waals surface area contributed by atoms with Gasteiger partial charge in [0.2, 0.25) is 5.91 Å². The monoisotopic (exact) mass is 455 g/mol. The number of hydrogen-bond donors (Lipinski definition) is 1. The molecule has 3 aromatic rings. The van der Waals surface area contributed by atoms with Crippen LogP contribution in [-0.2, 0) is 30.7 Å². The maximum Gasteiger partial charge on any atom is 0.268 e. The number of thioether (sulfide) groups is 2. The van der Waals surface area contributed by atoms with Gasteiger partial charge in [-0.25, -0.2) is 9.37 Å². The normalized spacial score (nSPS) is 12.5. The molecule has 1 N–H and O–H groups in total. The van der Waals surface area contributed by atoms with Crippen LogP contribution in [0.2, 0.25) is 0 Å². The van der Waals surface area contributed by atoms with E-state index in [4.69, 9.17) is 4.98 Å². The van der Waals surface area contributed by atoms with Gasteiger partial charge in [0.1, 0.15) is 5.82 Å². The van der Waals surface area contributed by atoms with Gasteiger partial charge in [-0.15, -0.1) is 11.8 Å². The summed E-state index contributed by atoms with van der Waals surface area (Å²) in [5.41, 5.74) is 2.79. The highest BCUT2D eigenvalue weighted by Gasteiger charge is 2.22. The summed E-state index contributed by atoms with van der Waals surface area (Å²) in [5, 5.41) is 3.41. The van der Waals surface area contributed by atoms with E-state index in [9.17, 15) is 14.0 Å². The lowest BCUT2D eigenvalue weighted by atomic mass is 10.1. The van der Waals surface area contributed by atoms with E-state index in [0.29, 0.717) is 18.2 Å². The minimum absolute atomic E-state index is 0.0161. The van der Waals surface area contributed by atoms with Crippen molar-refractivity contribution in [3.8, 4) is 0 Å². The Bertz CT molecular complexity index is 1120. The van der Waals surface area contributed by atoms with Crippen molar-refractivity contribution in [1.82, 2.24) is 14.9 Å². The number of aromatic nitrogens is 2. The number of amides is 1. The number of fused-ring (bicyclic) bond motifs is 1. The summed E-state index contributed by atoms with van der Waals surface area (Å²) in [4.78, 5) is 30.8. The summed E-state index contributed by atoms with van der Waals surface area (Å²) < 4.78 is 14.7. The number of halogens is 1. The third-order valence-corrected chi connectivity index (χ3v) is 7.03. The summed E-state index contributed by atoms with van der Waals surface area (Å²) in [6, 6.07) is 16.0. The molecule has 2 aromatic carbocycles. The molecule has 31 heavy (non-hydrogen) atoms. The second kappa shape index (κ2) is 10.2. The Labute approximate surface area is 188 Å². The van der Waals surface area contributed by atoms with Crippen molar-refractivity contribution in [2.45, 2.75) is 36.0 Å². The SMILES string of the molecule is O=C(CSc1nc2c(c(=O)n1CCc1ccccc1)SCC2)NCc1ccc(F)cc1. The van der Waals surface area contributed by atoms with Crippen LogP contribution in [0.25, 0.3) is 0 Å². The average molecular weight is 456 g/mol. The fourth-order valence-corrected chi connectivity index (χ4v) is 5.22. The highest BCUT2D eigenvalue weighted by atomic mass is 32.2. The van der Waals surface area contributed by atoms with E-state index in [-0.39, 0.29) is 23.0 Å². The van der Waals surface area contributed by atoms with Crippen molar-refractivity contribution in [3.63, 3.8) is 0 Å². The third kappa shape index (κ3) is 5.57. The number of carbonyl (C=O) groups is 1. The van der Waals surface area contributed by atoms with Gasteiger partial charge >= 0.3 is 0 Å². The zero-order valence-electron chi connectivity index (χ0n) is 16.8. The lowest BCUT2D eigenvalue weighted by Gasteiger charge is -2.14. The second-order valence-electron chi connectivity index (χ2n) is 7.15. The van der Waals surface area contributed by atoms with Crippen molar-refractivity contribution in [1.29, 1.82) is 0 Å². The number of nitrogens with one attached hydrogen (secondary N) is 1. The molecular weight excluding hydrogens is 433 g/mol. The molecular formula is C23H22FN3O2S2. The molecule has 160 valence electrons. The van der Waals surface area contributed by atoms with E-state index in [0.717, 1.165) is 40.3 Å². The molecule has 0 radical (unpaired) electrons. The molecule has 1 aliphatic rings. The molecule has 5 nitrogen and oxygen atoms in total. The summed E-state index contributed by atoms with van der Waals surface area (Å²) in [7, 11) is 0. The number of nitrogens with zero attached hydrogens (tertiary/aromatic N) is 2. The van der Waals surface area contributed by atoms with Gasteiger partial charge in [-0.05, 0) is 29.7 Å². The lowest BCUT2D eigenvalue weighted by Crippen LogP contribution is -2.28. The number of carbonyl (C=O) groups excluding carboxylic acids is 1. The molecule has 2 heterocycles. The summed E-state index contributed by atoms with van der Waals surface area (Å²) >= 11 is 2.84. The summed E-state index contributed by atoms with van der Waals surface area (Å²) in [6.07, 6.45) is 1.50. The van der Waals surface area contributed by atoms with Crippen LogP contribution in [0.3, 0.4) is 0 Å². The molecule has 8 heteroatoms. The smallest absolute Gasteiger partial charge is 0.268 e. The topological polar surface area (TPSA) is 64.0 Å². The fourth-order valence-electron chi connectivity index (χ4n) is 3.30. The summed E-state index contributed by atoms with van der Waals surface area (Å²) in [5.74, 6) is 0.556. The van der Waals surface area contributed by atoms with Crippen LogP contribution < -0.4 is 10.9 Å². The van der Waals surface area contributed by atoms with E-state index in [1.54, 1.807) is 28.5 Å². The van der Waals surface area contributed by atoms with Crippen LogP contribution in [0.5, 0.6) is 0 Å². The van der Waals surface area contributed by atoms with E-state index >= 15 is 0 Å². The zero-order valence-corrected chi connectivity index (χ0v) is 18.5. The Morgan fingerprint density at radius 3 is 2.68 bits per heavy atom. The van der Waals surface area contributed by atoms with Gasteiger partial charge in [0.05, 0.1) is 16.3 Å². The molecule has 0 atom stereocenters. The molecule has 0 unspecified atom stereocenters. The van der Waals surface area contributed by atoms with Crippen molar-refractivity contribution in [2.24, 2.45) is 0 Å². The van der Waals surface area contributed by atoms with Crippen LogP contribution in [0.1, 0.15) is 16.8 Å². The first kappa shape index (κ1) is 21.6. The van der Waals surface area contributed by atoms with Gasteiger partial charge in [0.25, 0.3) is 5.56 Å². The standard InChI is InChI=1S/C23H22FN3O2S2/c24-18-8-6-17(7-9-18)14-25-20(28)15-31-23-26-19-11-13-30-21(19)22(29)27(23)12-10-16-4-2-1-3-5-16/h1-9H,10-15H2,(H,25,28). The van der Waals surface area contributed by atoms with E-state index < -0.39 is 0 Å². The van der Waals surface area contributed by atoms with E-state index in [2.05, 4.69) is 5.32 Å². The Balaban J connectivity index is 1.43. The Kier molecular flexibility index (Phi) is 7.09.